The predicted octanol–water partition coefficient (Wildman–Crippen LogP) is 2.05. The van der Waals surface area contributed by atoms with Crippen LogP contribution in [0.15, 0.2) is 30.5 Å². The number of Topliss-reactive ketones (excluding diaryl/α,β-unsaturated/α-hetero) is 1. The molecule has 0 saturated heterocycles. The van der Waals surface area contributed by atoms with Crippen LogP contribution in [-0.4, -0.2) is 10.5 Å². The number of rotatable bonds is 4. The summed E-state index contributed by atoms with van der Waals surface area (Å²) in [6.07, 6.45) is 2.48. The molecule has 0 radical (unpaired) electrons. The second kappa shape index (κ2) is 5.39. The molecule has 0 aliphatic carbocycles. The van der Waals surface area contributed by atoms with Crippen molar-refractivity contribution in [2.75, 3.05) is 0 Å². The first-order valence-corrected chi connectivity index (χ1v) is 6.58. The highest BCUT2D eigenvalue weighted by molar-refractivity contribution is 5.81. The van der Waals surface area contributed by atoms with Gasteiger partial charge in [-0.3, -0.25) is 4.79 Å². The molecule has 2 aromatic rings. The van der Waals surface area contributed by atoms with Crippen molar-refractivity contribution in [2.24, 2.45) is 7.05 Å². The van der Waals surface area contributed by atoms with Gasteiger partial charge >= 0.3 is 0 Å². The monoisotopic (exact) mass is 257 g/mol. The SMILES string of the molecule is Cc1cccc(C)c1CC(=O)Cn1c(C)cc[n+]1C. The van der Waals surface area contributed by atoms with Gasteiger partial charge in [0.1, 0.15) is 6.54 Å². The predicted molar refractivity (Wildman–Crippen MR) is 75.0 cm³/mol. The average molecular weight is 257 g/mol. The lowest BCUT2D eigenvalue weighted by Crippen LogP contribution is -2.40. The highest BCUT2D eigenvalue weighted by atomic mass is 16.1. The Labute approximate surface area is 114 Å². The summed E-state index contributed by atoms with van der Waals surface area (Å²) in [6.45, 7) is 6.59. The summed E-state index contributed by atoms with van der Waals surface area (Å²) in [7, 11) is 1.96. The van der Waals surface area contributed by atoms with Crippen molar-refractivity contribution in [2.45, 2.75) is 33.7 Å². The van der Waals surface area contributed by atoms with Crippen LogP contribution in [0.25, 0.3) is 0 Å². The van der Waals surface area contributed by atoms with E-state index in [1.807, 2.05) is 41.7 Å². The molecular formula is C16H21N2O+. The lowest BCUT2D eigenvalue weighted by Gasteiger charge is -2.09. The standard InChI is InChI=1S/C16H21N2O/c1-12-6-5-7-13(2)16(12)10-15(19)11-18-14(3)8-9-17(18)4/h5-9H,10-11H2,1-4H3/q+1. The molecule has 19 heavy (non-hydrogen) atoms. The quantitative estimate of drug-likeness (QED) is 0.770. The van der Waals surface area contributed by atoms with Crippen molar-refractivity contribution < 1.29 is 9.48 Å². The number of aromatic nitrogens is 2. The van der Waals surface area contributed by atoms with Gasteiger partial charge in [0.05, 0.1) is 5.69 Å². The number of nitrogens with zero attached hydrogens (tertiary/aromatic N) is 2. The van der Waals surface area contributed by atoms with Gasteiger partial charge in [0, 0.05) is 12.5 Å². The molecule has 0 atom stereocenters. The number of hydrogen-bond donors (Lipinski definition) is 0. The minimum atomic E-state index is 0.243. The maximum atomic E-state index is 12.3. The number of hydrogen-bond acceptors (Lipinski definition) is 1. The van der Waals surface area contributed by atoms with Gasteiger partial charge in [0.15, 0.2) is 19.0 Å². The van der Waals surface area contributed by atoms with E-state index >= 15 is 0 Å². The molecule has 1 heterocycles. The molecule has 0 bridgehead atoms. The molecule has 0 amide bonds. The highest BCUT2D eigenvalue weighted by Crippen LogP contribution is 2.14. The third-order valence-electron chi connectivity index (χ3n) is 3.66. The second-order valence-electron chi connectivity index (χ2n) is 5.17. The van der Waals surface area contributed by atoms with Crippen LogP contribution in [0.1, 0.15) is 22.4 Å². The van der Waals surface area contributed by atoms with Gasteiger partial charge in [-0.2, -0.15) is 4.68 Å². The summed E-state index contributed by atoms with van der Waals surface area (Å²) in [5.74, 6) is 0.243. The number of benzene rings is 1. The number of carbonyl (C=O) groups excluding carboxylic acids is 1. The Morgan fingerprint density at radius 3 is 2.32 bits per heavy atom. The fourth-order valence-corrected chi connectivity index (χ4v) is 2.42. The topological polar surface area (TPSA) is 25.9 Å². The van der Waals surface area contributed by atoms with Crippen molar-refractivity contribution in [1.82, 2.24) is 4.68 Å². The van der Waals surface area contributed by atoms with Crippen LogP contribution in [0.5, 0.6) is 0 Å². The number of ketones is 1. The molecule has 2 rings (SSSR count). The van der Waals surface area contributed by atoms with E-state index in [0.29, 0.717) is 13.0 Å². The van der Waals surface area contributed by atoms with Gasteiger partial charge in [-0.1, -0.05) is 18.2 Å². The van der Waals surface area contributed by atoms with Crippen molar-refractivity contribution in [3.63, 3.8) is 0 Å². The molecule has 0 aliphatic heterocycles. The molecule has 0 unspecified atom stereocenters. The Balaban J connectivity index is 2.14. The Morgan fingerprint density at radius 1 is 1.16 bits per heavy atom. The number of aryl methyl sites for hydroxylation is 4. The average Bonchev–Trinajstić information content (AvgIpc) is 2.66. The Kier molecular flexibility index (Phi) is 3.84. The van der Waals surface area contributed by atoms with Crippen molar-refractivity contribution in [1.29, 1.82) is 0 Å². The summed E-state index contributed by atoms with van der Waals surface area (Å²) >= 11 is 0. The summed E-state index contributed by atoms with van der Waals surface area (Å²) in [4.78, 5) is 12.3. The first kappa shape index (κ1) is 13.5. The fraction of sp³-hybridized carbons (Fsp3) is 0.375. The Morgan fingerprint density at radius 2 is 1.79 bits per heavy atom. The van der Waals surface area contributed by atoms with E-state index in [-0.39, 0.29) is 5.78 Å². The molecule has 0 N–H and O–H groups in total. The second-order valence-corrected chi connectivity index (χ2v) is 5.17. The third-order valence-corrected chi connectivity index (χ3v) is 3.66. The Bertz CT molecular complexity index is 571. The molecule has 0 aliphatic rings. The van der Waals surface area contributed by atoms with Gasteiger partial charge < -0.3 is 0 Å². The summed E-state index contributed by atoms with van der Waals surface area (Å²) in [5.41, 5.74) is 4.67. The molecule has 0 fully saturated rings. The number of carbonyl (C=O) groups is 1. The lowest BCUT2D eigenvalue weighted by atomic mass is 9.98. The molecule has 1 aromatic carbocycles. The molecule has 1 aromatic heterocycles. The summed E-state index contributed by atoms with van der Waals surface area (Å²) < 4.78 is 3.95. The van der Waals surface area contributed by atoms with E-state index in [1.165, 1.54) is 16.7 Å². The Hall–Kier alpha value is -1.90. The largest absolute Gasteiger partial charge is 0.297 e. The fourth-order valence-electron chi connectivity index (χ4n) is 2.42. The zero-order chi connectivity index (χ0) is 14.0. The molecule has 0 saturated carbocycles. The van der Waals surface area contributed by atoms with Crippen LogP contribution >= 0.6 is 0 Å². The van der Waals surface area contributed by atoms with Gasteiger partial charge in [0.25, 0.3) is 0 Å². The van der Waals surface area contributed by atoms with E-state index in [9.17, 15) is 4.79 Å². The van der Waals surface area contributed by atoms with Gasteiger partial charge in [-0.05, 0) is 37.5 Å². The van der Waals surface area contributed by atoms with Crippen LogP contribution in [0, 0.1) is 20.8 Å². The molecule has 0 spiro atoms. The zero-order valence-corrected chi connectivity index (χ0v) is 12.1. The van der Waals surface area contributed by atoms with E-state index in [1.54, 1.807) is 0 Å². The smallest absolute Gasteiger partial charge is 0.195 e. The minimum absolute atomic E-state index is 0.243. The zero-order valence-electron chi connectivity index (χ0n) is 12.1. The third kappa shape index (κ3) is 2.92. The lowest BCUT2D eigenvalue weighted by molar-refractivity contribution is -0.752. The van der Waals surface area contributed by atoms with Crippen LogP contribution in [0.2, 0.25) is 0 Å². The van der Waals surface area contributed by atoms with Crippen molar-refractivity contribution >= 4 is 5.78 Å². The van der Waals surface area contributed by atoms with Crippen molar-refractivity contribution in [3.05, 3.63) is 52.8 Å². The molecular weight excluding hydrogens is 236 g/mol. The molecule has 3 heteroatoms. The first-order valence-electron chi connectivity index (χ1n) is 6.58. The summed E-state index contributed by atoms with van der Waals surface area (Å²) in [6, 6.07) is 8.19. The van der Waals surface area contributed by atoms with Gasteiger partial charge in [0.2, 0.25) is 0 Å². The van der Waals surface area contributed by atoms with Gasteiger partial charge in [-0.15, -0.1) is 4.68 Å². The van der Waals surface area contributed by atoms with Crippen LogP contribution in [0.4, 0.5) is 0 Å². The highest BCUT2D eigenvalue weighted by Gasteiger charge is 2.14. The van der Waals surface area contributed by atoms with Crippen LogP contribution < -0.4 is 4.68 Å². The van der Waals surface area contributed by atoms with Gasteiger partial charge in [-0.25, -0.2) is 0 Å². The molecule has 100 valence electrons. The first-order chi connectivity index (χ1) is 8.99. The van der Waals surface area contributed by atoms with E-state index in [0.717, 1.165) is 5.69 Å². The minimum Gasteiger partial charge on any atom is -0.297 e. The maximum absolute atomic E-state index is 12.3. The van der Waals surface area contributed by atoms with Crippen molar-refractivity contribution in [3.8, 4) is 0 Å². The molecule has 3 nitrogen and oxygen atoms in total. The van der Waals surface area contributed by atoms with Crippen LogP contribution in [0.3, 0.4) is 0 Å². The maximum Gasteiger partial charge on any atom is 0.195 e. The van der Waals surface area contributed by atoms with Crippen LogP contribution in [-0.2, 0) is 24.8 Å². The van der Waals surface area contributed by atoms with E-state index in [2.05, 4.69) is 26.0 Å². The summed E-state index contributed by atoms with van der Waals surface area (Å²) in [5, 5.41) is 0. The normalized spacial score (nSPS) is 10.7. The van der Waals surface area contributed by atoms with E-state index in [4.69, 9.17) is 0 Å². The van der Waals surface area contributed by atoms with E-state index < -0.39 is 0 Å².